The molecule has 0 saturated carbocycles. The second kappa shape index (κ2) is 4.83. The Bertz CT molecular complexity index is 117. The monoisotopic (exact) mass is 172 g/mol. The van der Waals surface area contributed by atoms with E-state index >= 15 is 0 Å². The zero-order valence-electron chi connectivity index (χ0n) is 8.12. The van der Waals surface area contributed by atoms with Crippen LogP contribution in [0.3, 0.4) is 0 Å². The van der Waals surface area contributed by atoms with E-state index in [4.69, 9.17) is 4.74 Å². The average molecular weight is 172 g/mol. The molecule has 1 N–H and O–H groups in total. The smallest absolute Gasteiger partial charge is 0.0572 e. The van der Waals surface area contributed by atoms with E-state index in [1.165, 1.54) is 0 Å². The van der Waals surface area contributed by atoms with Crippen molar-refractivity contribution < 1.29 is 9.84 Å². The summed E-state index contributed by atoms with van der Waals surface area (Å²) in [7, 11) is 0. The molecule has 0 aromatic rings. The molecule has 0 spiro atoms. The molecule has 12 heavy (non-hydrogen) atoms. The second-order valence-corrected chi connectivity index (χ2v) is 4.15. The predicted molar refractivity (Wildman–Crippen MR) is 49.0 cm³/mol. The van der Waals surface area contributed by atoms with Gasteiger partial charge >= 0.3 is 0 Å². The zero-order chi connectivity index (χ0) is 8.97. The van der Waals surface area contributed by atoms with Gasteiger partial charge in [-0.3, -0.25) is 0 Å². The third-order valence-corrected chi connectivity index (χ3v) is 2.52. The highest BCUT2D eigenvalue weighted by molar-refractivity contribution is 4.72. The van der Waals surface area contributed by atoms with E-state index in [1.807, 2.05) is 0 Å². The largest absolute Gasteiger partial charge is 0.393 e. The molecule has 0 aromatic carbocycles. The molecule has 0 amide bonds. The maximum atomic E-state index is 9.79. The number of ether oxygens (including phenoxy) is 1. The molecule has 1 heterocycles. The fourth-order valence-corrected chi connectivity index (χ4v) is 1.78. The van der Waals surface area contributed by atoms with Gasteiger partial charge in [0.25, 0.3) is 0 Å². The van der Waals surface area contributed by atoms with Crippen LogP contribution in [0.25, 0.3) is 0 Å². The van der Waals surface area contributed by atoms with E-state index in [2.05, 4.69) is 13.8 Å². The summed E-state index contributed by atoms with van der Waals surface area (Å²) in [5.41, 5.74) is 0. The summed E-state index contributed by atoms with van der Waals surface area (Å²) >= 11 is 0. The molecule has 1 unspecified atom stereocenters. The summed E-state index contributed by atoms with van der Waals surface area (Å²) < 4.78 is 5.24. The van der Waals surface area contributed by atoms with Crippen LogP contribution in [-0.2, 0) is 4.74 Å². The van der Waals surface area contributed by atoms with Crippen LogP contribution in [0.15, 0.2) is 0 Å². The number of rotatable bonds is 3. The van der Waals surface area contributed by atoms with Crippen molar-refractivity contribution in [3.63, 3.8) is 0 Å². The Kier molecular flexibility index (Phi) is 4.02. The van der Waals surface area contributed by atoms with Gasteiger partial charge in [-0.2, -0.15) is 0 Å². The Hall–Kier alpha value is -0.0800. The van der Waals surface area contributed by atoms with Gasteiger partial charge in [0, 0.05) is 13.2 Å². The molecule has 1 rings (SSSR count). The topological polar surface area (TPSA) is 29.5 Å². The summed E-state index contributed by atoms with van der Waals surface area (Å²) in [6.45, 7) is 5.98. The molecule has 0 bridgehead atoms. The SMILES string of the molecule is CC(C)CC(O)C1CCOCC1. The first-order valence-corrected chi connectivity index (χ1v) is 4.96. The van der Waals surface area contributed by atoms with E-state index in [0.29, 0.717) is 11.8 Å². The highest BCUT2D eigenvalue weighted by atomic mass is 16.5. The van der Waals surface area contributed by atoms with Crippen LogP contribution in [0, 0.1) is 11.8 Å². The second-order valence-electron chi connectivity index (χ2n) is 4.15. The molecule has 72 valence electrons. The quantitative estimate of drug-likeness (QED) is 0.703. The van der Waals surface area contributed by atoms with Crippen molar-refractivity contribution in [1.82, 2.24) is 0 Å². The van der Waals surface area contributed by atoms with Crippen molar-refractivity contribution in [2.24, 2.45) is 11.8 Å². The maximum absolute atomic E-state index is 9.79. The molecular formula is C10H20O2. The normalized spacial score (nSPS) is 23.0. The first-order chi connectivity index (χ1) is 5.70. The molecular weight excluding hydrogens is 152 g/mol. The van der Waals surface area contributed by atoms with Gasteiger partial charge in [0.05, 0.1) is 6.10 Å². The zero-order valence-corrected chi connectivity index (χ0v) is 8.12. The fourth-order valence-electron chi connectivity index (χ4n) is 1.78. The standard InChI is InChI=1S/C10H20O2/c1-8(2)7-10(11)9-3-5-12-6-4-9/h8-11H,3-7H2,1-2H3. The first kappa shape index (κ1) is 10.0. The molecule has 2 nitrogen and oxygen atoms in total. The Labute approximate surface area is 74.9 Å². The minimum atomic E-state index is -0.103. The molecule has 2 heteroatoms. The van der Waals surface area contributed by atoms with Crippen LogP contribution in [0.4, 0.5) is 0 Å². The first-order valence-electron chi connectivity index (χ1n) is 4.96. The van der Waals surface area contributed by atoms with Crippen LogP contribution in [-0.4, -0.2) is 24.4 Å². The Balaban J connectivity index is 2.24. The van der Waals surface area contributed by atoms with Gasteiger partial charge in [-0.15, -0.1) is 0 Å². The summed E-state index contributed by atoms with van der Waals surface area (Å²) in [5.74, 6) is 1.09. The molecule has 0 aromatic heterocycles. The predicted octanol–water partition coefficient (Wildman–Crippen LogP) is 1.82. The molecule has 1 saturated heterocycles. The van der Waals surface area contributed by atoms with Gasteiger partial charge in [0.2, 0.25) is 0 Å². The summed E-state index contributed by atoms with van der Waals surface area (Å²) in [6.07, 6.45) is 2.90. The summed E-state index contributed by atoms with van der Waals surface area (Å²) in [4.78, 5) is 0. The number of hydrogen-bond acceptors (Lipinski definition) is 2. The van der Waals surface area contributed by atoms with E-state index < -0.39 is 0 Å². The lowest BCUT2D eigenvalue weighted by atomic mass is 9.89. The van der Waals surface area contributed by atoms with Crippen molar-refractivity contribution >= 4 is 0 Å². The highest BCUT2D eigenvalue weighted by Crippen LogP contribution is 2.22. The van der Waals surface area contributed by atoms with Crippen molar-refractivity contribution in [3.8, 4) is 0 Å². The average Bonchev–Trinajstić information content (AvgIpc) is 2.05. The van der Waals surface area contributed by atoms with E-state index in [9.17, 15) is 5.11 Å². The third kappa shape index (κ3) is 3.11. The van der Waals surface area contributed by atoms with Gasteiger partial charge in [-0.1, -0.05) is 13.8 Å². The Morgan fingerprint density at radius 2 is 1.92 bits per heavy atom. The Morgan fingerprint density at radius 3 is 2.42 bits per heavy atom. The lowest BCUT2D eigenvalue weighted by Gasteiger charge is -2.27. The molecule has 1 atom stereocenters. The third-order valence-electron chi connectivity index (χ3n) is 2.52. The molecule has 1 aliphatic rings. The van der Waals surface area contributed by atoms with Crippen LogP contribution in [0.1, 0.15) is 33.1 Å². The van der Waals surface area contributed by atoms with Crippen molar-refractivity contribution in [2.45, 2.75) is 39.2 Å². The van der Waals surface area contributed by atoms with Gasteiger partial charge < -0.3 is 9.84 Å². The number of aliphatic hydroxyl groups excluding tert-OH is 1. The molecule has 1 aliphatic heterocycles. The van der Waals surface area contributed by atoms with Gasteiger partial charge in [0.15, 0.2) is 0 Å². The fraction of sp³-hybridized carbons (Fsp3) is 1.00. The van der Waals surface area contributed by atoms with E-state index in [0.717, 1.165) is 32.5 Å². The Morgan fingerprint density at radius 1 is 1.33 bits per heavy atom. The minimum Gasteiger partial charge on any atom is -0.393 e. The van der Waals surface area contributed by atoms with Gasteiger partial charge in [-0.05, 0) is 31.1 Å². The van der Waals surface area contributed by atoms with Gasteiger partial charge in [0.1, 0.15) is 0 Å². The number of aliphatic hydroxyl groups is 1. The lowest BCUT2D eigenvalue weighted by Crippen LogP contribution is -2.28. The highest BCUT2D eigenvalue weighted by Gasteiger charge is 2.22. The lowest BCUT2D eigenvalue weighted by molar-refractivity contribution is 0.000475. The number of hydrogen-bond donors (Lipinski definition) is 1. The summed E-state index contributed by atoms with van der Waals surface area (Å²) in [5, 5.41) is 9.79. The van der Waals surface area contributed by atoms with Crippen LogP contribution >= 0.6 is 0 Å². The molecule has 1 fully saturated rings. The van der Waals surface area contributed by atoms with Crippen LogP contribution in [0.2, 0.25) is 0 Å². The van der Waals surface area contributed by atoms with Crippen molar-refractivity contribution in [2.75, 3.05) is 13.2 Å². The minimum absolute atomic E-state index is 0.103. The van der Waals surface area contributed by atoms with Crippen LogP contribution < -0.4 is 0 Å². The summed E-state index contributed by atoms with van der Waals surface area (Å²) in [6, 6.07) is 0. The van der Waals surface area contributed by atoms with Crippen molar-refractivity contribution in [3.05, 3.63) is 0 Å². The van der Waals surface area contributed by atoms with E-state index in [-0.39, 0.29) is 6.10 Å². The van der Waals surface area contributed by atoms with Crippen molar-refractivity contribution in [1.29, 1.82) is 0 Å². The maximum Gasteiger partial charge on any atom is 0.0572 e. The molecule has 0 radical (unpaired) electrons. The van der Waals surface area contributed by atoms with Crippen LogP contribution in [0.5, 0.6) is 0 Å². The van der Waals surface area contributed by atoms with Gasteiger partial charge in [-0.25, -0.2) is 0 Å². The van der Waals surface area contributed by atoms with E-state index in [1.54, 1.807) is 0 Å². The molecule has 0 aliphatic carbocycles.